The highest BCUT2D eigenvalue weighted by molar-refractivity contribution is 7.98. The molecule has 0 aliphatic rings. The second-order valence-electron chi connectivity index (χ2n) is 7.73. The van der Waals surface area contributed by atoms with Crippen molar-refractivity contribution >= 4 is 40.9 Å². The summed E-state index contributed by atoms with van der Waals surface area (Å²) in [4.78, 5) is 12.6. The first-order valence-electron chi connectivity index (χ1n) is 10.8. The molecule has 37 heavy (non-hydrogen) atoms. The van der Waals surface area contributed by atoms with E-state index in [9.17, 15) is 18.0 Å². The fourth-order valence-corrected chi connectivity index (χ4v) is 4.82. The molecule has 12 heteroatoms. The number of ether oxygens (including phenoxy) is 1. The molecule has 3 aromatic carbocycles. The topological polar surface area (TPSA) is 69.0 Å². The van der Waals surface area contributed by atoms with Gasteiger partial charge in [-0.1, -0.05) is 53.2 Å². The molecule has 0 saturated heterocycles. The zero-order chi connectivity index (χ0) is 26.6. The molecule has 0 aliphatic heterocycles. The number of methoxy groups -OCH3 is 1. The number of benzene rings is 3. The van der Waals surface area contributed by atoms with E-state index in [1.807, 2.05) is 24.3 Å². The van der Waals surface area contributed by atoms with Crippen LogP contribution in [0.3, 0.4) is 0 Å². The highest BCUT2D eigenvalue weighted by Gasteiger charge is 2.31. The third-order valence-electron chi connectivity index (χ3n) is 5.21. The first-order valence-corrected chi connectivity index (χ1v) is 12.5. The first kappa shape index (κ1) is 26.8. The molecular formula is C25H19Cl2F3N4O2S. The van der Waals surface area contributed by atoms with Gasteiger partial charge in [0.15, 0.2) is 11.0 Å². The van der Waals surface area contributed by atoms with Crippen LogP contribution in [0.25, 0.3) is 5.69 Å². The molecule has 1 heterocycles. The van der Waals surface area contributed by atoms with Crippen molar-refractivity contribution < 1.29 is 22.7 Å². The third-order valence-corrected chi connectivity index (χ3v) is 6.75. The maximum atomic E-state index is 13.0. The van der Waals surface area contributed by atoms with E-state index in [0.717, 1.165) is 23.4 Å². The molecule has 1 amide bonds. The molecule has 1 aromatic heterocycles. The van der Waals surface area contributed by atoms with Gasteiger partial charge >= 0.3 is 6.18 Å². The van der Waals surface area contributed by atoms with Crippen molar-refractivity contribution in [2.75, 3.05) is 7.11 Å². The Balaban J connectivity index is 1.59. The SMILES string of the molecule is COc1cccc(CSc2nnc(CNC(=O)c3cccc(C(F)(F)F)c3)n2-c2ccc(Cl)cc2Cl)c1. The number of carbonyl (C=O) groups excluding carboxylic acids is 1. The van der Waals surface area contributed by atoms with Crippen LogP contribution in [0.15, 0.2) is 71.9 Å². The predicted octanol–water partition coefficient (Wildman–Crippen LogP) is 6.82. The van der Waals surface area contributed by atoms with Crippen LogP contribution >= 0.6 is 35.0 Å². The van der Waals surface area contributed by atoms with E-state index < -0.39 is 17.6 Å². The minimum absolute atomic E-state index is 0.110. The fraction of sp³-hybridized carbons (Fsp3) is 0.160. The normalized spacial score (nSPS) is 11.4. The fourth-order valence-electron chi connectivity index (χ4n) is 3.42. The minimum atomic E-state index is -4.56. The molecule has 0 fully saturated rings. The molecule has 0 aliphatic carbocycles. The van der Waals surface area contributed by atoms with Crippen LogP contribution in [-0.4, -0.2) is 27.8 Å². The quantitative estimate of drug-likeness (QED) is 0.237. The maximum Gasteiger partial charge on any atom is 0.416 e. The summed E-state index contributed by atoms with van der Waals surface area (Å²) in [5.41, 5.74) is 0.485. The van der Waals surface area contributed by atoms with Gasteiger partial charge in [-0.3, -0.25) is 9.36 Å². The van der Waals surface area contributed by atoms with Gasteiger partial charge in [-0.25, -0.2) is 0 Å². The lowest BCUT2D eigenvalue weighted by Crippen LogP contribution is -2.25. The van der Waals surface area contributed by atoms with Crippen molar-refractivity contribution in [3.8, 4) is 11.4 Å². The number of hydrogen-bond donors (Lipinski definition) is 1. The number of thioether (sulfide) groups is 1. The van der Waals surface area contributed by atoms with E-state index in [2.05, 4.69) is 15.5 Å². The molecule has 0 atom stereocenters. The van der Waals surface area contributed by atoms with Crippen LogP contribution in [0.1, 0.15) is 27.3 Å². The van der Waals surface area contributed by atoms with Crippen molar-refractivity contribution in [1.29, 1.82) is 0 Å². The molecule has 192 valence electrons. The van der Waals surface area contributed by atoms with Gasteiger partial charge in [0.25, 0.3) is 5.91 Å². The van der Waals surface area contributed by atoms with Gasteiger partial charge in [-0.2, -0.15) is 13.2 Å². The summed E-state index contributed by atoms with van der Waals surface area (Å²) >= 11 is 13.9. The number of aromatic nitrogens is 3. The lowest BCUT2D eigenvalue weighted by atomic mass is 10.1. The van der Waals surface area contributed by atoms with Gasteiger partial charge in [0, 0.05) is 16.3 Å². The number of hydrogen-bond acceptors (Lipinski definition) is 5. The number of rotatable bonds is 8. The van der Waals surface area contributed by atoms with Gasteiger partial charge < -0.3 is 10.1 Å². The van der Waals surface area contributed by atoms with Crippen LogP contribution < -0.4 is 10.1 Å². The number of halogens is 5. The zero-order valence-electron chi connectivity index (χ0n) is 19.2. The Morgan fingerprint density at radius 3 is 2.57 bits per heavy atom. The van der Waals surface area contributed by atoms with Crippen molar-refractivity contribution in [2.45, 2.75) is 23.6 Å². The second kappa shape index (κ2) is 11.5. The average Bonchev–Trinajstić information content (AvgIpc) is 3.28. The number of alkyl halides is 3. The maximum absolute atomic E-state index is 13.0. The number of amides is 1. The largest absolute Gasteiger partial charge is 0.497 e. The lowest BCUT2D eigenvalue weighted by molar-refractivity contribution is -0.137. The van der Waals surface area contributed by atoms with Gasteiger partial charge in [0.1, 0.15) is 5.75 Å². The van der Waals surface area contributed by atoms with E-state index >= 15 is 0 Å². The summed E-state index contributed by atoms with van der Waals surface area (Å²) in [6, 6.07) is 16.7. The molecule has 0 unspecified atom stereocenters. The van der Waals surface area contributed by atoms with Crippen molar-refractivity contribution in [3.05, 3.63) is 99.3 Å². The Morgan fingerprint density at radius 2 is 1.84 bits per heavy atom. The van der Waals surface area contributed by atoms with Gasteiger partial charge in [0.05, 0.1) is 29.9 Å². The highest BCUT2D eigenvalue weighted by Crippen LogP contribution is 2.32. The van der Waals surface area contributed by atoms with Crippen LogP contribution in [0.4, 0.5) is 13.2 Å². The molecule has 4 aromatic rings. The zero-order valence-corrected chi connectivity index (χ0v) is 21.5. The molecule has 0 bridgehead atoms. The van der Waals surface area contributed by atoms with Crippen LogP contribution in [0.5, 0.6) is 5.75 Å². The summed E-state index contributed by atoms with van der Waals surface area (Å²) in [6.45, 7) is -0.110. The molecule has 0 spiro atoms. The van der Waals surface area contributed by atoms with E-state index in [0.29, 0.717) is 32.5 Å². The average molecular weight is 567 g/mol. The van der Waals surface area contributed by atoms with Crippen molar-refractivity contribution in [3.63, 3.8) is 0 Å². The summed E-state index contributed by atoms with van der Waals surface area (Å²) in [5, 5.41) is 12.3. The number of nitrogens with one attached hydrogen (secondary N) is 1. The van der Waals surface area contributed by atoms with E-state index in [1.165, 1.54) is 23.9 Å². The molecule has 6 nitrogen and oxygen atoms in total. The predicted molar refractivity (Wildman–Crippen MR) is 137 cm³/mol. The number of carbonyl (C=O) groups is 1. The second-order valence-corrected chi connectivity index (χ2v) is 9.52. The Bertz CT molecular complexity index is 1430. The van der Waals surface area contributed by atoms with E-state index in [1.54, 1.807) is 29.9 Å². The van der Waals surface area contributed by atoms with Crippen LogP contribution in [-0.2, 0) is 18.5 Å². The standard InChI is InChI=1S/C25H19Cl2F3N4O2S/c1-36-19-7-2-4-15(10-19)14-37-24-33-32-22(34(24)21-9-8-18(26)12-20(21)27)13-31-23(35)16-5-3-6-17(11-16)25(28,29)30/h2-12H,13-14H2,1H3,(H,31,35). The first-order chi connectivity index (χ1) is 17.7. The van der Waals surface area contributed by atoms with Gasteiger partial charge in [-0.15, -0.1) is 10.2 Å². The molecule has 4 rings (SSSR count). The molecule has 0 saturated carbocycles. The molecule has 0 radical (unpaired) electrons. The Labute approximate surface area is 224 Å². The highest BCUT2D eigenvalue weighted by atomic mass is 35.5. The molecular weight excluding hydrogens is 548 g/mol. The lowest BCUT2D eigenvalue weighted by Gasteiger charge is -2.13. The minimum Gasteiger partial charge on any atom is -0.497 e. The summed E-state index contributed by atoms with van der Waals surface area (Å²) in [5.74, 6) is 0.904. The van der Waals surface area contributed by atoms with Gasteiger partial charge in [-0.05, 0) is 54.1 Å². The van der Waals surface area contributed by atoms with Crippen molar-refractivity contribution in [1.82, 2.24) is 20.1 Å². The van der Waals surface area contributed by atoms with Gasteiger partial charge in [0.2, 0.25) is 0 Å². The Hall–Kier alpha value is -3.21. The number of nitrogens with zero attached hydrogens (tertiary/aromatic N) is 3. The summed E-state index contributed by atoms with van der Waals surface area (Å²) in [7, 11) is 1.59. The van der Waals surface area contributed by atoms with Crippen LogP contribution in [0.2, 0.25) is 10.0 Å². The third kappa shape index (κ3) is 6.57. The van der Waals surface area contributed by atoms with E-state index in [4.69, 9.17) is 27.9 Å². The van der Waals surface area contributed by atoms with E-state index in [-0.39, 0.29) is 12.1 Å². The van der Waals surface area contributed by atoms with Crippen molar-refractivity contribution in [2.24, 2.45) is 0 Å². The molecule has 1 N–H and O–H groups in total. The smallest absolute Gasteiger partial charge is 0.416 e. The Kier molecular flexibility index (Phi) is 8.31. The summed E-state index contributed by atoms with van der Waals surface area (Å²) in [6.07, 6.45) is -4.56. The summed E-state index contributed by atoms with van der Waals surface area (Å²) < 4.78 is 46.1. The Morgan fingerprint density at radius 1 is 1.05 bits per heavy atom. The monoisotopic (exact) mass is 566 g/mol. The van der Waals surface area contributed by atoms with Crippen LogP contribution in [0, 0.1) is 0 Å².